The number of aromatic nitrogens is 3. The van der Waals surface area contributed by atoms with Crippen molar-refractivity contribution in [2.75, 3.05) is 5.32 Å². The second-order valence-corrected chi connectivity index (χ2v) is 5.55. The first-order chi connectivity index (χ1) is 8.66. The fourth-order valence-electron chi connectivity index (χ4n) is 2.91. The lowest BCUT2D eigenvalue weighted by Gasteiger charge is -2.20. The van der Waals surface area contributed by atoms with Crippen LogP contribution in [-0.2, 0) is 7.05 Å². The van der Waals surface area contributed by atoms with Gasteiger partial charge in [0.05, 0.1) is 11.8 Å². The lowest BCUT2D eigenvalue weighted by atomic mass is 9.98. The molecule has 0 aromatic carbocycles. The summed E-state index contributed by atoms with van der Waals surface area (Å²) in [4.78, 5) is 8.90. The van der Waals surface area contributed by atoms with Gasteiger partial charge in [-0.05, 0) is 30.7 Å². The smallest absolute Gasteiger partial charge is 0.154 e. The number of aryl methyl sites for hydroxylation is 1. The minimum absolute atomic E-state index is 0.528. The van der Waals surface area contributed by atoms with Gasteiger partial charge in [-0.25, -0.2) is 9.97 Å². The van der Waals surface area contributed by atoms with E-state index in [0.29, 0.717) is 12.0 Å². The van der Waals surface area contributed by atoms with Gasteiger partial charge in [0.2, 0.25) is 0 Å². The van der Waals surface area contributed by atoms with E-state index in [1.807, 2.05) is 30.2 Å². The molecular formula is C14H20N4. The molecule has 4 nitrogen and oxygen atoms in total. The van der Waals surface area contributed by atoms with Crippen LogP contribution in [0.3, 0.4) is 0 Å². The molecule has 0 amide bonds. The largest absolute Gasteiger partial charge is 0.365 e. The molecule has 96 valence electrons. The zero-order valence-corrected chi connectivity index (χ0v) is 11.2. The van der Waals surface area contributed by atoms with E-state index in [0.717, 1.165) is 22.8 Å². The Hall–Kier alpha value is -1.58. The van der Waals surface area contributed by atoms with Crippen molar-refractivity contribution in [3.05, 3.63) is 18.6 Å². The number of pyridine rings is 1. The predicted octanol–water partition coefficient (Wildman–Crippen LogP) is 2.81. The summed E-state index contributed by atoms with van der Waals surface area (Å²) < 4.78 is 2.03. The molecule has 3 unspecified atom stereocenters. The Balaban J connectivity index is 1.91. The molecule has 2 aromatic rings. The van der Waals surface area contributed by atoms with Crippen molar-refractivity contribution in [2.24, 2.45) is 18.9 Å². The average molecular weight is 244 g/mol. The lowest BCUT2D eigenvalue weighted by Crippen LogP contribution is -2.24. The van der Waals surface area contributed by atoms with Gasteiger partial charge in [-0.15, -0.1) is 0 Å². The van der Waals surface area contributed by atoms with Gasteiger partial charge in [-0.2, -0.15) is 0 Å². The highest BCUT2D eigenvalue weighted by Crippen LogP contribution is 2.33. The standard InChI is InChI=1S/C14H20N4/c1-9-4-5-11(10(9)2)17-14-13-12(6-7-15-14)18(3)8-16-13/h6-11H,4-5H2,1-3H3,(H,15,17). The van der Waals surface area contributed by atoms with Crippen molar-refractivity contribution >= 4 is 16.9 Å². The first kappa shape index (κ1) is 11.5. The Morgan fingerprint density at radius 3 is 2.83 bits per heavy atom. The maximum Gasteiger partial charge on any atom is 0.154 e. The van der Waals surface area contributed by atoms with E-state index < -0.39 is 0 Å². The van der Waals surface area contributed by atoms with Crippen LogP contribution in [0.2, 0.25) is 0 Å². The molecule has 3 atom stereocenters. The summed E-state index contributed by atoms with van der Waals surface area (Å²) in [7, 11) is 2.01. The lowest BCUT2D eigenvalue weighted by molar-refractivity contribution is 0.435. The summed E-state index contributed by atoms with van der Waals surface area (Å²) in [6, 6.07) is 2.54. The molecule has 1 aliphatic rings. The Morgan fingerprint density at radius 1 is 1.28 bits per heavy atom. The molecule has 0 spiro atoms. The van der Waals surface area contributed by atoms with Gasteiger partial charge < -0.3 is 9.88 Å². The maximum absolute atomic E-state index is 4.46. The van der Waals surface area contributed by atoms with Crippen LogP contribution in [0.25, 0.3) is 11.0 Å². The normalized spacial score (nSPS) is 27.8. The summed E-state index contributed by atoms with van der Waals surface area (Å²) in [6.45, 7) is 4.66. The molecular weight excluding hydrogens is 224 g/mol. The number of nitrogens with zero attached hydrogens (tertiary/aromatic N) is 3. The van der Waals surface area contributed by atoms with E-state index >= 15 is 0 Å². The summed E-state index contributed by atoms with van der Waals surface area (Å²) >= 11 is 0. The molecule has 0 saturated heterocycles. The summed E-state index contributed by atoms with van der Waals surface area (Å²) in [5.74, 6) is 2.43. The molecule has 2 heterocycles. The first-order valence-corrected chi connectivity index (χ1v) is 6.69. The molecule has 1 fully saturated rings. The third kappa shape index (κ3) is 1.76. The van der Waals surface area contributed by atoms with Crippen LogP contribution in [0.4, 0.5) is 5.82 Å². The number of rotatable bonds is 2. The molecule has 0 bridgehead atoms. The van der Waals surface area contributed by atoms with Gasteiger partial charge in [0.15, 0.2) is 5.82 Å². The number of anilines is 1. The van der Waals surface area contributed by atoms with Crippen LogP contribution in [-0.4, -0.2) is 20.6 Å². The van der Waals surface area contributed by atoms with E-state index in [1.54, 1.807) is 0 Å². The fraction of sp³-hybridized carbons (Fsp3) is 0.571. The zero-order chi connectivity index (χ0) is 12.7. The van der Waals surface area contributed by atoms with Gasteiger partial charge >= 0.3 is 0 Å². The van der Waals surface area contributed by atoms with Crippen LogP contribution in [0, 0.1) is 11.8 Å². The van der Waals surface area contributed by atoms with Crippen molar-refractivity contribution in [3.8, 4) is 0 Å². The summed E-state index contributed by atoms with van der Waals surface area (Å²) in [5, 5.41) is 3.59. The van der Waals surface area contributed by atoms with E-state index in [2.05, 4.69) is 29.1 Å². The van der Waals surface area contributed by atoms with E-state index in [9.17, 15) is 0 Å². The number of fused-ring (bicyclic) bond motifs is 1. The van der Waals surface area contributed by atoms with Crippen LogP contribution < -0.4 is 5.32 Å². The highest BCUT2D eigenvalue weighted by atomic mass is 15.1. The van der Waals surface area contributed by atoms with Crippen molar-refractivity contribution < 1.29 is 0 Å². The second kappa shape index (κ2) is 4.26. The molecule has 1 saturated carbocycles. The molecule has 1 N–H and O–H groups in total. The topological polar surface area (TPSA) is 42.7 Å². The number of imidazole rings is 1. The van der Waals surface area contributed by atoms with Crippen molar-refractivity contribution in [1.29, 1.82) is 0 Å². The third-order valence-corrected chi connectivity index (χ3v) is 4.43. The molecule has 3 rings (SSSR count). The van der Waals surface area contributed by atoms with Gasteiger partial charge in [0.1, 0.15) is 5.52 Å². The monoisotopic (exact) mass is 244 g/mol. The Morgan fingerprint density at radius 2 is 2.11 bits per heavy atom. The Labute approximate surface area is 107 Å². The quantitative estimate of drug-likeness (QED) is 0.883. The highest BCUT2D eigenvalue weighted by Gasteiger charge is 2.30. The van der Waals surface area contributed by atoms with Crippen molar-refractivity contribution in [3.63, 3.8) is 0 Å². The predicted molar refractivity (Wildman–Crippen MR) is 73.5 cm³/mol. The van der Waals surface area contributed by atoms with Crippen molar-refractivity contribution in [1.82, 2.24) is 14.5 Å². The molecule has 2 aromatic heterocycles. The molecule has 0 aliphatic heterocycles. The number of nitrogens with one attached hydrogen (secondary N) is 1. The van der Waals surface area contributed by atoms with Crippen molar-refractivity contribution in [2.45, 2.75) is 32.7 Å². The van der Waals surface area contributed by atoms with Gasteiger partial charge in [0.25, 0.3) is 0 Å². The number of hydrogen-bond acceptors (Lipinski definition) is 3. The molecule has 1 aliphatic carbocycles. The minimum Gasteiger partial charge on any atom is -0.365 e. The fourth-order valence-corrected chi connectivity index (χ4v) is 2.91. The Kier molecular flexibility index (Phi) is 2.73. The summed E-state index contributed by atoms with van der Waals surface area (Å²) in [5.41, 5.74) is 2.11. The first-order valence-electron chi connectivity index (χ1n) is 6.69. The Bertz CT molecular complexity index is 560. The van der Waals surface area contributed by atoms with Crippen LogP contribution in [0.1, 0.15) is 26.7 Å². The van der Waals surface area contributed by atoms with Crippen LogP contribution in [0.5, 0.6) is 0 Å². The molecule has 4 heteroatoms. The van der Waals surface area contributed by atoms with Gasteiger partial charge in [0, 0.05) is 19.3 Å². The third-order valence-electron chi connectivity index (χ3n) is 4.43. The van der Waals surface area contributed by atoms with E-state index in [4.69, 9.17) is 0 Å². The minimum atomic E-state index is 0.528. The summed E-state index contributed by atoms with van der Waals surface area (Å²) in [6.07, 6.45) is 6.23. The average Bonchev–Trinajstić information content (AvgIpc) is 2.89. The second-order valence-electron chi connectivity index (χ2n) is 5.55. The van der Waals surface area contributed by atoms with Crippen LogP contribution >= 0.6 is 0 Å². The van der Waals surface area contributed by atoms with Crippen LogP contribution in [0.15, 0.2) is 18.6 Å². The number of hydrogen-bond donors (Lipinski definition) is 1. The maximum atomic E-state index is 4.46. The highest BCUT2D eigenvalue weighted by molar-refractivity contribution is 5.85. The van der Waals surface area contributed by atoms with Gasteiger partial charge in [-0.1, -0.05) is 13.8 Å². The zero-order valence-electron chi connectivity index (χ0n) is 11.2. The SMILES string of the molecule is CC1CCC(Nc2nccc3c2ncn3C)C1C. The van der Waals surface area contributed by atoms with Gasteiger partial charge in [-0.3, -0.25) is 0 Å². The van der Waals surface area contributed by atoms with E-state index in [-0.39, 0.29) is 0 Å². The van der Waals surface area contributed by atoms with E-state index in [1.165, 1.54) is 12.8 Å². The molecule has 18 heavy (non-hydrogen) atoms. The molecule has 0 radical (unpaired) electrons.